The van der Waals surface area contributed by atoms with E-state index >= 15 is 0 Å². The first-order valence-electron chi connectivity index (χ1n) is 10.5. The minimum absolute atomic E-state index is 0.0881. The zero-order chi connectivity index (χ0) is 21.9. The average Bonchev–Trinajstić information content (AvgIpc) is 3.33. The fraction of sp³-hybridized carbons (Fsp3) is 0.722. The number of nitrogens with zero attached hydrogens (tertiary/aromatic N) is 5. The lowest BCUT2D eigenvalue weighted by Crippen LogP contribution is -2.40. The van der Waals surface area contributed by atoms with Crippen molar-refractivity contribution in [3.8, 4) is 0 Å². The van der Waals surface area contributed by atoms with Crippen LogP contribution in [0.25, 0.3) is 11.2 Å². The molecule has 0 aromatic carbocycles. The fourth-order valence-corrected chi connectivity index (χ4v) is 4.87. The molecule has 4 N–H and O–H groups in total. The van der Waals surface area contributed by atoms with Gasteiger partial charge in [-0.15, -0.1) is 0 Å². The van der Waals surface area contributed by atoms with Gasteiger partial charge in [-0.3, -0.25) is 0 Å². The van der Waals surface area contributed by atoms with E-state index in [1.165, 1.54) is 4.31 Å². The Kier molecular flexibility index (Phi) is 7.11. The summed E-state index contributed by atoms with van der Waals surface area (Å²) in [6, 6.07) is -0.268. The predicted molar refractivity (Wildman–Crippen MR) is 117 cm³/mol. The maximum atomic E-state index is 12.3. The van der Waals surface area contributed by atoms with Crippen molar-refractivity contribution in [2.75, 3.05) is 30.3 Å². The zero-order valence-electron chi connectivity index (χ0n) is 18.0. The smallest absolute Gasteiger partial charge is 0.279 e. The summed E-state index contributed by atoms with van der Waals surface area (Å²) in [6.07, 6.45) is 2.55. The van der Waals surface area contributed by atoms with E-state index in [9.17, 15) is 13.5 Å². The van der Waals surface area contributed by atoms with Gasteiger partial charge in [0.2, 0.25) is 5.95 Å². The maximum absolute atomic E-state index is 12.3. The topological polar surface area (TPSA) is 137 Å². The summed E-state index contributed by atoms with van der Waals surface area (Å²) in [5.74, 6) is 0.964. The highest BCUT2D eigenvalue weighted by atomic mass is 32.2. The van der Waals surface area contributed by atoms with Crippen LogP contribution in [0.2, 0.25) is 0 Å². The van der Waals surface area contributed by atoms with Crippen LogP contribution in [0.1, 0.15) is 40.5 Å². The molecule has 30 heavy (non-hydrogen) atoms. The van der Waals surface area contributed by atoms with Crippen molar-refractivity contribution in [3.05, 3.63) is 6.33 Å². The SMILES string of the molecule is CCNS(=O)(=O)N1CC[C@H](Nc2nc(N[C@H](CC)[C@@H](C)O)nc3c2ncn3CC)C1. The summed E-state index contributed by atoms with van der Waals surface area (Å²) >= 11 is 0. The fourth-order valence-electron chi connectivity index (χ4n) is 3.60. The normalized spacial score (nSPS) is 19.8. The molecule has 12 heteroatoms. The van der Waals surface area contributed by atoms with Crippen LogP contribution < -0.4 is 15.4 Å². The van der Waals surface area contributed by atoms with E-state index in [-0.39, 0.29) is 12.1 Å². The van der Waals surface area contributed by atoms with Crippen LogP contribution in [0.15, 0.2) is 6.33 Å². The van der Waals surface area contributed by atoms with Crippen molar-refractivity contribution in [1.29, 1.82) is 0 Å². The van der Waals surface area contributed by atoms with E-state index < -0.39 is 16.3 Å². The van der Waals surface area contributed by atoms with Crippen LogP contribution in [0.5, 0.6) is 0 Å². The second-order valence-corrected chi connectivity index (χ2v) is 9.24. The predicted octanol–water partition coefficient (Wildman–Crippen LogP) is 0.758. The van der Waals surface area contributed by atoms with Gasteiger partial charge in [0.25, 0.3) is 10.2 Å². The number of aliphatic hydroxyl groups is 1. The van der Waals surface area contributed by atoms with E-state index in [0.717, 1.165) is 6.42 Å². The largest absolute Gasteiger partial charge is 0.391 e. The minimum Gasteiger partial charge on any atom is -0.391 e. The molecule has 0 saturated carbocycles. The van der Waals surface area contributed by atoms with Gasteiger partial charge < -0.3 is 20.3 Å². The van der Waals surface area contributed by atoms with Gasteiger partial charge in [-0.25, -0.2) is 9.71 Å². The molecular formula is C18H32N8O3S. The number of aryl methyl sites for hydroxylation is 1. The molecule has 168 valence electrons. The van der Waals surface area contributed by atoms with Gasteiger partial charge >= 0.3 is 0 Å². The average molecular weight is 441 g/mol. The summed E-state index contributed by atoms with van der Waals surface area (Å²) < 4.78 is 30.4. The minimum atomic E-state index is -3.46. The number of fused-ring (bicyclic) bond motifs is 1. The van der Waals surface area contributed by atoms with Crippen LogP contribution in [0.4, 0.5) is 11.8 Å². The van der Waals surface area contributed by atoms with Crippen LogP contribution in [0, 0.1) is 0 Å². The monoisotopic (exact) mass is 440 g/mol. The second kappa shape index (κ2) is 9.41. The zero-order valence-corrected chi connectivity index (χ0v) is 18.8. The molecule has 1 fully saturated rings. The number of aromatic nitrogens is 4. The first kappa shape index (κ1) is 22.7. The third kappa shape index (κ3) is 4.82. The number of aliphatic hydroxyl groups excluding tert-OH is 1. The number of rotatable bonds is 10. The molecule has 2 aromatic rings. The molecular weight excluding hydrogens is 408 g/mol. The van der Waals surface area contributed by atoms with Crippen molar-refractivity contribution in [2.24, 2.45) is 0 Å². The summed E-state index contributed by atoms with van der Waals surface area (Å²) in [5.41, 5.74) is 1.33. The Morgan fingerprint density at radius 2 is 2.07 bits per heavy atom. The first-order chi connectivity index (χ1) is 14.3. The van der Waals surface area contributed by atoms with Crippen molar-refractivity contribution in [2.45, 2.75) is 65.3 Å². The summed E-state index contributed by atoms with van der Waals surface area (Å²) in [6.45, 7) is 9.33. The van der Waals surface area contributed by atoms with Gasteiger partial charge in [0.15, 0.2) is 17.0 Å². The van der Waals surface area contributed by atoms with E-state index in [1.54, 1.807) is 20.2 Å². The Hall–Kier alpha value is -2.02. The number of nitrogens with one attached hydrogen (secondary N) is 3. The molecule has 0 bridgehead atoms. The Labute approximate surface area is 177 Å². The summed E-state index contributed by atoms with van der Waals surface area (Å²) in [7, 11) is -3.46. The van der Waals surface area contributed by atoms with Crippen LogP contribution >= 0.6 is 0 Å². The summed E-state index contributed by atoms with van der Waals surface area (Å²) in [5, 5.41) is 16.5. The third-order valence-electron chi connectivity index (χ3n) is 5.30. The van der Waals surface area contributed by atoms with Gasteiger partial charge in [0.1, 0.15) is 0 Å². The van der Waals surface area contributed by atoms with E-state index in [2.05, 4.69) is 30.3 Å². The van der Waals surface area contributed by atoms with Gasteiger partial charge in [0.05, 0.1) is 18.5 Å². The highest BCUT2D eigenvalue weighted by molar-refractivity contribution is 7.87. The Morgan fingerprint density at radius 1 is 1.30 bits per heavy atom. The quantitative estimate of drug-likeness (QED) is 0.425. The van der Waals surface area contributed by atoms with E-state index in [0.29, 0.717) is 55.5 Å². The molecule has 3 atom stereocenters. The van der Waals surface area contributed by atoms with Gasteiger partial charge in [0, 0.05) is 32.2 Å². The first-order valence-corrected chi connectivity index (χ1v) is 11.9. The van der Waals surface area contributed by atoms with E-state index in [1.807, 2.05) is 18.4 Å². The summed E-state index contributed by atoms with van der Waals surface area (Å²) in [4.78, 5) is 13.7. The van der Waals surface area contributed by atoms with Crippen molar-refractivity contribution < 1.29 is 13.5 Å². The van der Waals surface area contributed by atoms with Crippen molar-refractivity contribution in [1.82, 2.24) is 28.5 Å². The number of hydrogen-bond donors (Lipinski definition) is 4. The molecule has 11 nitrogen and oxygen atoms in total. The Balaban J connectivity index is 1.87. The molecule has 1 saturated heterocycles. The Morgan fingerprint density at radius 3 is 2.70 bits per heavy atom. The van der Waals surface area contributed by atoms with Crippen LogP contribution in [-0.2, 0) is 16.8 Å². The van der Waals surface area contributed by atoms with Crippen LogP contribution in [-0.4, -0.2) is 75.2 Å². The third-order valence-corrected chi connectivity index (χ3v) is 6.96. The maximum Gasteiger partial charge on any atom is 0.279 e. The van der Waals surface area contributed by atoms with Crippen molar-refractivity contribution >= 4 is 33.1 Å². The second-order valence-electron chi connectivity index (χ2n) is 7.49. The molecule has 1 aliphatic rings. The molecule has 0 spiro atoms. The molecule has 1 aliphatic heterocycles. The van der Waals surface area contributed by atoms with E-state index in [4.69, 9.17) is 0 Å². The number of anilines is 2. The molecule has 2 aromatic heterocycles. The lowest BCUT2D eigenvalue weighted by atomic mass is 10.1. The van der Waals surface area contributed by atoms with Crippen molar-refractivity contribution in [3.63, 3.8) is 0 Å². The van der Waals surface area contributed by atoms with Gasteiger partial charge in [-0.2, -0.15) is 22.7 Å². The molecule has 0 unspecified atom stereocenters. The lowest BCUT2D eigenvalue weighted by Gasteiger charge is -2.21. The number of imidazole rings is 1. The van der Waals surface area contributed by atoms with Crippen LogP contribution in [0.3, 0.4) is 0 Å². The van der Waals surface area contributed by atoms with Gasteiger partial charge in [-0.05, 0) is 26.7 Å². The standard InChI is InChI=1S/C18H32N8O3S/c1-5-14(12(4)27)22-18-23-16(15-17(24-18)25(7-3)11-19-15)21-13-8-9-26(10-13)30(28,29)20-6-2/h11-14,20,27H,5-10H2,1-4H3,(H2,21,22,23,24)/t12-,13+,14-/m1/s1. The number of hydrogen-bond acceptors (Lipinski definition) is 8. The highest BCUT2D eigenvalue weighted by Gasteiger charge is 2.31. The molecule has 3 rings (SSSR count). The Bertz CT molecular complexity index is 962. The van der Waals surface area contributed by atoms with Gasteiger partial charge in [-0.1, -0.05) is 13.8 Å². The molecule has 0 aliphatic carbocycles. The molecule has 0 radical (unpaired) electrons. The lowest BCUT2D eigenvalue weighted by molar-refractivity contribution is 0.169. The highest BCUT2D eigenvalue weighted by Crippen LogP contribution is 2.25. The molecule has 3 heterocycles. The molecule has 0 amide bonds.